The summed E-state index contributed by atoms with van der Waals surface area (Å²) in [5.41, 5.74) is 5.44. The van der Waals surface area contributed by atoms with Crippen LogP contribution in [0.1, 0.15) is 32.3 Å². The predicted octanol–water partition coefficient (Wildman–Crippen LogP) is 5.32. The number of aryl methyl sites for hydroxylation is 1. The van der Waals surface area contributed by atoms with Gasteiger partial charge in [-0.3, -0.25) is 4.40 Å². The minimum absolute atomic E-state index is 0.0821. The molecule has 0 radical (unpaired) electrons. The molecule has 4 aromatic rings. The topological polar surface area (TPSA) is 30.2 Å². The first-order valence-corrected chi connectivity index (χ1v) is 9.59. The fraction of sp³-hybridized carbons (Fsp3) is 0.273. The van der Waals surface area contributed by atoms with Crippen LogP contribution >= 0.6 is 12.6 Å². The van der Waals surface area contributed by atoms with Crippen LogP contribution in [0.25, 0.3) is 27.7 Å². The number of rotatable bonds is 3. The van der Waals surface area contributed by atoms with Crippen molar-refractivity contribution in [3.8, 4) is 11.1 Å². The van der Waals surface area contributed by atoms with Crippen LogP contribution in [-0.2, 0) is 11.8 Å². The Bertz CT molecular complexity index is 1080. The quantitative estimate of drug-likeness (QED) is 0.501. The first kappa shape index (κ1) is 17.1. The standard InChI is InChI=1S/C22H23N3S/c1-22(2,3)21-24-19-13-16(15-7-5-4-6-8-15)9-10-18(19)20-23-14-17(11-12-26)25(20)21/h4-10,13-14,26H,11-12H2,1-3H3. The molecule has 4 heteroatoms. The van der Waals surface area contributed by atoms with E-state index in [9.17, 15) is 0 Å². The number of aromatic nitrogens is 3. The van der Waals surface area contributed by atoms with E-state index in [4.69, 9.17) is 9.97 Å². The van der Waals surface area contributed by atoms with Crippen LogP contribution < -0.4 is 0 Å². The minimum Gasteiger partial charge on any atom is -0.284 e. The molecule has 0 spiro atoms. The van der Waals surface area contributed by atoms with E-state index in [-0.39, 0.29) is 5.41 Å². The number of thiol groups is 1. The van der Waals surface area contributed by atoms with E-state index in [0.29, 0.717) is 0 Å². The lowest BCUT2D eigenvalue weighted by Crippen LogP contribution is -2.20. The number of hydrogen-bond acceptors (Lipinski definition) is 3. The van der Waals surface area contributed by atoms with Crippen molar-refractivity contribution >= 4 is 29.2 Å². The van der Waals surface area contributed by atoms with Gasteiger partial charge in [0.15, 0.2) is 0 Å². The zero-order valence-electron chi connectivity index (χ0n) is 15.4. The highest BCUT2D eigenvalue weighted by Crippen LogP contribution is 2.30. The summed E-state index contributed by atoms with van der Waals surface area (Å²) in [4.78, 5) is 9.80. The first-order chi connectivity index (χ1) is 12.5. The van der Waals surface area contributed by atoms with Gasteiger partial charge >= 0.3 is 0 Å². The van der Waals surface area contributed by atoms with Crippen molar-refractivity contribution in [1.29, 1.82) is 0 Å². The van der Waals surface area contributed by atoms with Crippen LogP contribution in [0.5, 0.6) is 0 Å². The van der Waals surface area contributed by atoms with Gasteiger partial charge in [0.1, 0.15) is 11.5 Å². The molecule has 0 N–H and O–H groups in total. The maximum Gasteiger partial charge on any atom is 0.147 e. The molecule has 2 aromatic carbocycles. The van der Waals surface area contributed by atoms with Gasteiger partial charge in [-0.15, -0.1) is 0 Å². The van der Waals surface area contributed by atoms with Gasteiger partial charge < -0.3 is 0 Å². The summed E-state index contributed by atoms with van der Waals surface area (Å²) in [6.45, 7) is 6.60. The molecule has 3 nitrogen and oxygen atoms in total. The molecule has 0 amide bonds. The number of fused-ring (bicyclic) bond motifs is 3. The van der Waals surface area contributed by atoms with Crippen LogP contribution in [0.15, 0.2) is 54.7 Å². The highest BCUT2D eigenvalue weighted by molar-refractivity contribution is 7.80. The van der Waals surface area contributed by atoms with Gasteiger partial charge in [0, 0.05) is 22.7 Å². The molecular formula is C22H23N3S. The zero-order valence-corrected chi connectivity index (χ0v) is 16.3. The summed E-state index contributed by atoms with van der Waals surface area (Å²) in [7, 11) is 0. The molecule has 0 fully saturated rings. The number of benzene rings is 2. The lowest BCUT2D eigenvalue weighted by molar-refractivity contribution is 0.536. The van der Waals surface area contributed by atoms with Gasteiger partial charge in [0.05, 0.1) is 5.52 Å². The molecule has 4 rings (SSSR count). The van der Waals surface area contributed by atoms with Gasteiger partial charge in [-0.2, -0.15) is 12.6 Å². The van der Waals surface area contributed by atoms with Crippen molar-refractivity contribution in [3.63, 3.8) is 0 Å². The minimum atomic E-state index is -0.0821. The zero-order chi connectivity index (χ0) is 18.3. The fourth-order valence-electron chi connectivity index (χ4n) is 3.39. The summed E-state index contributed by atoms with van der Waals surface area (Å²) < 4.78 is 2.22. The third-order valence-corrected chi connectivity index (χ3v) is 4.88. The van der Waals surface area contributed by atoms with E-state index in [0.717, 1.165) is 34.5 Å². The summed E-state index contributed by atoms with van der Waals surface area (Å²) >= 11 is 4.41. The van der Waals surface area contributed by atoms with Crippen LogP contribution in [0, 0.1) is 0 Å². The molecule has 0 aliphatic rings. The van der Waals surface area contributed by atoms with Crippen molar-refractivity contribution in [2.75, 3.05) is 5.75 Å². The Kier molecular flexibility index (Phi) is 4.23. The average Bonchev–Trinajstić information content (AvgIpc) is 3.05. The van der Waals surface area contributed by atoms with Crippen LogP contribution in [0.3, 0.4) is 0 Å². The average molecular weight is 362 g/mol. The van der Waals surface area contributed by atoms with Crippen molar-refractivity contribution in [2.45, 2.75) is 32.6 Å². The summed E-state index contributed by atoms with van der Waals surface area (Å²) in [6, 6.07) is 16.9. The molecule has 2 aromatic heterocycles. The Morgan fingerprint density at radius 1 is 1.00 bits per heavy atom. The predicted molar refractivity (Wildman–Crippen MR) is 112 cm³/mol. The molecule has 0 unspecified atom stereocenters. The molecule has 132 valence electrons. The molecule has 2 heterocycles. The van der Waals surface area contributed by atoms with Crippen LogP contribution in [0.2, 0.25) is 0 Å². The smallest absolute Gasteiger partial charge is 0.147 e. The third kappa shape index (κ3) is 2.88. The van der Waals surface area contributed by atoms with Crippen LogP contribution in [0.4, 0.5) is 0 Å². The van der Waals surface area contributed by atoms with Crippen molar-refractivity contribution in [1.82, 2.24) is 14.4 Å². The molecule has 0 saturated carbocycles. The van der Waals surface area contributed by atoms with E-state index < -0.39 is 0 Å². The van der Waals surface area contributed by atoms with Gasteiger partial charge in [-0.05, 0) is 35.4 Å². The normalized spacial score (nSPS) is 12.2. The number of nitrogens with zero attached hydrogens (tertiary/aromatic N) is 3. The van der Waals surface area contributed by atoms with Gasteiger partial charge in [-0.1, -0.05) is 57.2 Å². The van der Waals surface area contributed by atoms with Crippen molar-refractivity contribution < 1.29 is 0 Å². The van der Waals surface area contributed by atoms with Crippen LogP contribution in [-0.4, -0.2) is 20.1 Å². The SMILES string of the molecule is CC(C)(C)c1nc2cc(-c3ccccc3)ccc2c2ncc(CCS)n12. The lowest BCUT2D eigenvalue weighted by atomic mass is 9.94. The molecule has 26 heavy (non-hydrogen) atoms. The maximum absolute atomic E-state index is 5.07. The van der Waals surface area contributed by atoms with E-state index in [1.54, 1.807) is 0 Å². The van der Waals surface area contributed by atoms with E-state index in [2.05, 4.69) is 80.3 Å². The second-order valence-electron chi connectivity index (χ2n) is 7.67. The summed E-state index contributed by atoms with van der Waals surface area (Å²) in [5.74, 6) is 1.84. The maximum atomic E-state index is 5.07. The largest absolute Gasteiger partial charge is 0.284 e. The van der Waals surface area contributed by atoms with Crippen molar-refractivity contribution in [3.05, 3.63) is 66.2 Å². The number of hydrogen-bond donors (Lipinski definition) is 1. The van der Waals surface area contributed by atoms with Gasteiger partial charge in [0.2, 0.25) is 0 Å². The molecule has 0 saturated heterocycles. The van der Waals surface area contributed by atoms with E-state index in [1.165, 1.54) is 16.8 Å². The third-order valence-electron chi connectivity index (χ3n) is 4.66. The second kappa shape index (κ2) is 6.44. The van der Waals surface area contributed by atoms with E-state index in [1.807, 2.05) is 12.3 Å². The Hall–Kier alpha value is -2.33. The van der Waals surface area contributed by atoms with Gasteiger partial charge in [0.25, 0.3) is 0 Å². The van der Waals surface area contributed by atoms with E-state index >= 15 is 0 Å². The second-order valence-corrected chi connectivity index (χ2v) is 8.11. The molecular weight excluding hydrogens is 338 g/mol. The summed E-state index contributed by atoms with van der Waals surface area (Å²) in [6.07, 6.45) is 2.84. The molecule has 0 aliphatic carbocycles. The fourth-order valence-corrected chi connectivity index (χ4v) is 3.62. The molecule has 0 atom stereocenters. The molecule has 0 bridgehead atoms. The van der Waals surface area contributed by atoms with Gasteiger partial charge in [-0.25, -0.2) is 9.97 Å². The summed E-state index contributed by atoms with van der Waals surface area (Å²) in [5, 5.41) is 1.09. The Labute approximate surface area is 159 Å². The highest BCUT2D eigenvalue weighted by Gasteiger charge is 2.23. The highest BCUT2D eigenvalue weighted by atomic mass is 32.1. The Morgan fingerprint density at radius 3 is 2.46 bits per heavy atom. The number of imidazole rings is 1. The Morgan fingerprint density at radius 2 is 1.77 bits per heavy atom. The monoisotopic (exact) mass is 361 g/mol. The lowest BCUT2D eigenvalue weighted by Gasteiger charge is -2.21. The first-order valence-electron chi connectivity index (χ1n) is 8.96. The Balaban J connectivity index is 2.02. The molecule has 0 aliphatic heterocycles. The van der Waals surface area contributed by atoms with Crippen molar-refractivity contribution in [2.24, 2.45) is 0 Å².